The summed E-state index contributed by atoms with van der Waals surface area (Å²) >= 11 is 0. The third-order valence-corrected chi connectivity index (χ3v) is 4.68. The van der Waals surface area contributed by atoms with Crippen molar-refractivity contribution < 1.29 is 13.2 Å². The van der Waals surface area contributed by atoms with Crippen LogP contribution in [0.1, 0.15) is 29.4 Å². The number of hydrogen-bond acceptors (Lipinski definition) is 3. The van der Waals surface area contributed by atoms with Crippen LogP contribution in [0.2, 0.25) is 0 Å². The van der Waals surface area contributed by atoms with Crippen molar-refractivity contribution in [2.75, 3.05) is 0 Å². The zero-order valence-electron chi connectivity index (χ0n) is 12.0. The lowest BCUT2D eigenvalue weighted by molar-refractivity contribution is 0.0988. The van der Waals surface area contributed by atoms with Gasteiger partial charge < -0.3 is 4.57 Å². The first-order valence-electron chi connectivity index (χ1n) is 6.67. The van der Waals surface area contributed by atoms with Gasteiger partial charge >= 0.3 is 0 Å². The summed E-state index contributed by atoms with van der Waals surface area (Å²) < 4.78 is 28.9. The van der Waals surface area contributed by atoms with Gasteiger partial charge in [0, 0.05) is 30.9 Å². The molecule has 0 aliphatic rings. The standard InChI is InChI=1S/C15H18N2O3S/c1-3-15(18)12-6-4-8-14(10-12)21(19,20)16-11-13-7-5-9-17(13)2/h4-10,16H,3,11H2,1-2H3. The van der Waals surface area contributed by atoms with Gasteiger partial charge in [0.15, 0.2) is 5.78 Å². The normalized spacial score (nSPS) is 11.5. The number of benzene rings is 1. The second-order valence-electron chi connectivity index (χ2n) is 4.74. The first kappa shape index (κ1) is 15.5. The molecule has 0 radical (unpaired) electrons. The number of hydrogen-bond donors (Lipinski definition) is 1. The van der Waals surface area contributed by atoms with Gasteiger partial charge in [-0.05, 0) is 24.3 Å². The molecule has 2 aromatic rings. The van der Waals surface area contributed by atoms with Crippen molar-refractivity contribution in [1.29, 1.82) is 0 Å². The van der Waals surface area contributed by atoms with E-state index in [1.165, 1.54) is 12.1 Å². The Balaban J connectivity index is 2.19. The molecule has 0 saturated heterocycles. The van der Waals surface area contributed by atoms with E-state index in [1.807, 2.05) is 29.9 Å². The average molecular weight is 306 g/mol. The minimum atomic E-state index is -3.63. The van der Waals surface area contributed by atoms with Gasteiger partial charge in [-0.15, -0.1) is 0 Å². The lowest BCUT2D eigenvalue weighted by Crippen LogP contribution is -2.24. The van der Waals surface area contributed by atoms with Gasteiger partial charge in [-0.2, -0.15) is 0 Å². The zero-order valence-corrected chi connectivity index (χ0v) is 12.9. The predicted octanol–water partition coefficient (Wildman–Crippen LogP) is 2.10. The van der Waals surface area contributed by atoms with Crippen molar-refractivity contribution in [3.63, 3.8) is 0 Å². The molecule has 5 nitrogen and oxygen atoms in total. The first-order valence-corrected chi connectivity index (χ1v) is 8.15. The van der Waals surface area contributed by atoms with E-state index in [2.05, 4.69) is 4.72 Å². The van der Waals surface area contributed by atoms with Gasteiger partial charge in [0.1, 0.15) is 0 Å². The first-order chi connectivity index (χ1) is 9.94. The molecule has 0 aliphatic heterocycles. The Morgan fingerprint density at radius 3 is 2.62 bits per heavy atom. The van der Waals surface area contributed by atoms with E-state index in [0.29, 0.717) is 12.0 Å². The van der Waals surface area contributed by atoms with E-state index in [-0.39, 0.29) is 17.2 Å². The molecule has 112 valence electrons. The van der Waals surface area contributed by atoms with E-state index in [0.717, 1.165) is 5.69 Å². The highest BCUT2D eigenvalue weighted by Gasteiger charge is 2.16. The molecule has 0 spiro atoms. The minimum absolute atomic E-state index is 0.0746. The van der Waals surface area contributed by atoms with Crippen LogP contribution in [0.25, 0.3) is 0 Å². The number of carbonyl (C=O) groups excluding carboxylic acids is 1. The van der Waals surface area contributed by atoms with Crippen LogP contribution < -0.4 is 4.72 Å². The molecule has 0 unspecified atom stereocenters. The fraction of sp³-hybridized carbons (Fsp3) is 0.267. The summed E-state index contributed by atoms with van der Waals surface area (Å²) in [6.45, 7) is 1.95. The summed E-state index contributed by atoms with van der Waals surface area (Å²) in [6, 6.07) is 9.81. The van der Waals surface area contributed by atoms with Gasteiger partial charge in [0.2, 0.25) is 10.0 Å². The number of nitrogens with one attached hydrogen (secondary N) is 1. The minimum Gasteiger partial charge on any atom is -0.353 e. The molecule has 21 heavy (non-hydrogen) atoms. The molecular formula is C15H18N2O3S. The second-order valence-corrected chi connectivity index (χ2v) is 6.51. The summed E-state index contributed by atoms with van der Waals surface area (Å²) in [5.74, 6) is -0.0746. The molecule has 6 heteroatoms. The highest BCUT2D eigenvalue weighted by atomic mass is 32.2. The highest BCUT2D eigenvalue weighted by Crippen LogP contribution is 2.13. The van der Waals surface area contributed by atoms with Crippen molar-refractivity contribution in [2.45, 2.75) is 24.8 Å². The number of aromatic nitrogens is 1. The van der Waals surface area contributed by atoms with Crippen LogP contribution >= 0.6 is 0 Å². The predicted molar refractivity (Wildman–Crippen MR) is 80.5 cm³/mol. The molecule has 0 fully saturated rings. The van der Waals surface area contributed by atoms with Crippen LogP contribution in [0.5, 0.6) is 0 Å². The third-order valence-electron chi connectivity index (χ3n) is 3.28. The topological polar surface area (TPSA) is 68.2 Å². The number of ketones is 1. The van der Waals surface area contributed by atoms with Crippen molar-refractivity contribution in [1.82, 2.24) is 9.29 Å². The molecule has 1 aromatic heterocycles. The molecule has 0 aliphatic carbocycles. The van der Waals surface area contributed by atoms with Crippen LogP contribution in [-0.2, 0) is 23.6 Å². The number of sulfonamides is 1. The third kappa shape index (κ3) is 3.59. The van der Waals surface area contributed by atoms with Crippen molar-refractivity contribution in [2.24, 2.45) is 7.05 Å². The number of aryl methyl sites for hydroxylation is 1. The largest absolute Gasteiger partial charge is 0.353 e. The zero-order chi connectivity index (χ0) is 15.5. The Morgan fingerprint density at radius 2 is 2.00 bits per heavy atom. The molecule has 0 atom stereocenters. The lowest BCUT2D eigenvalue weighted by Gasteiger charge is -2.08. The molecule has 0 saturated carbocycles. The maximum atomic E-state index is 12.3. The van der Waals surface area contributed by atoms with E-state index < -0.39 is 10.0 Å². The molecule has 1 aromatic carbocycles. The van der Waals surface area contributed by atoms with Crippen LogP contribution in [-0.4, -0.2) is 18.8 Å². The fourth-order valence-electron chi connectivity index (χ4n) is 1.97. The average Bonchev–Trinajstić information content (AvgIpc) is 2.90. The van der Waals surface area contributed by atoms with E-state index in [4.69, 9.17) is 0 Å². The number of rotatable bonds is 6. The molecule has 2 rings (SSSR count). The molecule has 0 bridgehead atoms. The molecule has 1 N–H and O–H groups in total. The number of carbonyl (C=O) groups is 1. The molecule has 1 heterocycles. The van der Waals surface area contributed by atoms with Crippen LogP contribution in [0.4, 0.5) is 0 Å². The van der Waals surface area contributed by atoms with Gasteiger partial charge in [-0.1, -0.05) is 19.1 Å². The quantitative estimate of drug-likeness (QED) is 0.831. The van der Waals surface area contributed by atoms with Crippen LogP contribution in [0, 0.1) is 0 Å². The Morgan fingerprint density at radius 1 is 1.24 bits per heavy atom. The summed E-state index contributed by atoms with van der Waals surface area (Å²) in [5.41, 5.74) is 1.28. The lowest BCUT2D eigenvalue weighted by atomic mass is 10.1. The number of Topliss-reactive ketones (excluding diaryl/α,β-unsaturated/α-hetero) is 1. The van der Waals surface area contributed by atoms with Crippen molar-refractivity contribution >= 4 is 15.8 Å². The Hall–Kier alpha value is -1.92. The van der Waals surface area contributed by atoms with Gasteiger partial charge in [-0.3, -0.25) is 4.79 Å². The summed E-state index contributed by atoms with van der Waals surface area (Å²) in [5, 5.41) is 0. The molecular weight excluding hydrogens is 288 g/mol. The SMILES string of the molecule is CCC(=O)c1cccc(S(=O)(=O)NCc2cccn2C)c1. The summed E-state index contributed by atoms with van der Waals surface area (Å²) in [7, 11) is -1.78. The highest BCUT2D eigenvalue weighted by molar-refractivity contribution is 7.89. The van der Waals surface area contributed by atoms with E-state index >= 15 is 0 Å². The van der Waals surface area contributed by atoms with Crippen molar-refractivity contribution in [3.8, 4) is 0 Å². The number of nitrogens with zero attached hydrogens (tertiary/aromatic N) is 1. The van der Waals surface area contributed by atoms with Crippen LogP contribution in [0.3, 0.4) is 0 Å². The monoisotopic (exact) mass is 306 g/mol. The smallest absolute Gasteiger partial charge is 0.240 e. The van der Waals surface area contributed by atoms with E-state index in [1.54, 1.807) is 19.1 Å². The maximum Gasteiger partial charge on any atom is 0.240 e. The summed E-state index contributed by atoms with van der Waals surface area (Å²) in [4.78, 5) is 11.8. The van der Waals surface area contributed by atoms with Crippen molar-refractivity contribution in [3.05, 3.63) is 53.9 Å². The van der Waals surface area contributed by atoms with Gasteiger partial charge in [-0.25, -0.2) is 13.1 Å². The molecule has 0 amide bonds. The Bertz CT molecular complexity index is 748. The van der Waals surface area contributed by atoms with E-state index in [9.17, 15) is 13.2 Å². The van der Waals surface area contributed by atoms with Gasteiger partial charge in [0.05, 0.1) is 11.4 Å². The maximum absolute atomic E-state index is 12.3. The fourth-order valence-corrected chi connectivity index (χ4v) is 3.02. The van der Waals surface area contributed by atoms with Crippen LogP contribution in [0.15, 0.2) is 47.5 Å². The van der Waals surface area contributed by atoms with Gasteiger partial charge in [0.25, 0.3) is 0 Å². The Labute approximate surface area is 124 Å². The Kier molecular flexibility index (Phi) is 4.59. The second kappa shape index (κ2) is 6.24. The summed E-state index contributed by atoms with van der Waals surface area (Å²) in [6.07, 6.45) is 2.20.